The molecule has 1 heterocycles. The Kier molecular flexibility index (Phi) is 4.75. The first kappa shape index (κ1) is 16.0. The molecule has 0 atom stereocenters. The number of nitrogens with zero attached hydrogens (tertiary/aromatic N) is 1. The molecule has 4 heteroatoms. The fraction of sp³-hybridized carbons (Fsp3) is 0.200. The van der Waals surface area contributed by atoms with E-state index in [1.54, 1.807) is 11.8 Å². The van der Waals surface area contributed by atoms with Gasteiger partial charge in [-0.2, -0.15) is 0 Å². The van der Waals surface area contributed by atoms with E-state index < -0.39 is 5.97 Å². The number of ether oxygens (including phenoxy) is 1. The van der Waals surface area contributed by atoms with E-state index in [0.717, 1.165) is 17.7 Å². The number of fused-ring (bicyclic) bond motifs is 1. The van der Waals surface area contributed by atoms with Crippen LogP contribution in [-0.4, -0.2) is 25.0 Å². The molecule has 2 aromatic rings. The van der Waals surface area contributed by atoms with Crippen LogP contribution in [0.1, 0.15) is 18.1 Å². The number of rotatable bonds is 5. The molecule has 24 heavy (non-hydrogen) atoms. The van der Waals surface area contributed by atoms with Crippen LogP contribution in [0.5, 0.6) is 0 Å². The second-order valence-corrected chi connectivity index (χ2v) is 5.52. The Morgan fingerprint density at radius 3 is 2.54 bits per heavy atom. The summed E-state index contributed by atoms with van der Waals surface area (Å²) in [6.45, 7) is 2.60. The van der Waals surface area contributed by atoms with Gasteiger partial charge in [0, 0.05) is 18.2 Å². The van der Waals surface area contributed by atoms with Crippen molar-refractivity contribution in [2.45, 2.75) is 13.3 Å². The van der Waals surface area contributed by atoms with Crippen molar-refractivity contribution < 1.29 is 14.3 Å². The van der Waals surface area contributed by atoms with Gasteiger partial charge in [0.2, 0.25) is 0 Å². The van der Waals surface area contributed by atoms with Crippen molar-refractivity contribution in [1.82, 2.24) is 0 Å². The van der Waals surface area contributed by atoms with Crippen molar-refractivity contribution in [2.75, 3.05) is 18.1 Å². The molecule has 0 unspecified atom stereocenters. The van der Waals surface area contributed by atoms with Crippen LogP contribution in [0.2, 0.25) is 0 Å². The Bertz CT molecular complexity index is 780. The Labute approximate surface area is 141 Å². The molecule has 0 saturated heterocycles. The van der Waals surface area contributed by atoms with Crippen LogP contribution >= 0.6 is 0 Å². The van der Waals surface area contributed by atoms with E-state index in [0.29, 0.717) is 12.1 Å². The standard InChI is InChI=1S/C20H19NO3/c1-2-24-19(22)14-17-16-10-6-7-11-18(16)21(20(17)23)13-12-15-8-4-3-5-9-15/h3-11,14H,2,12-13H2,1H3. The molecule has 1 aliphatic rings. The number of para-hydroxylation sites is 1. The maximum Gasteiger partial charge on any atom is 0.331 e. The quantitative estimate of drug-likeness (QED) is 0.627. The molecule has 1 aliphatic heterocycles. The van der Waals surface area contributed by atoms with E-state index in [2.05, 4.69) is 0 Å². The highest BCUT2D eigenvalue weighted by molar-refractivity contribution is 6.34. The molecule has 1 amide bonds. The molecule has 0 spiro atoms. The van der Waals surface area contributed by atoms with E-state index in [-0.39, 0.29) is 12.5 Å². The second-order valence-electron chi connectivity index (χ2n) is 5.52. The summed E-state index contributed by atoms with van der Waals surface area (Å²) in [5.41, 5.74) is 3.19. The average molecular weight is 321 g/mol. The normalized spacial score (nSPS) is 14.8. The minimum atomic E-state index is -0.486. The molecule has 0 radical (unpaired) electrons. The first-order valence-corrected chi connectivity index (χ1v) is 8.04. The summed E-state index contributed by atoms with van der Waals surface area (Å²) in [6, 6.07) is 17.6. The summed E-state index contributed by atoms with van der Waals surface area (Å²) in [6.07, 6.45) is 2.06. The largest absolute Gasteiger partial charge is 0.463 e. The third kappa shape index (κ3) is 3.23. The van der Waals surface area contributed by atoms with Gasteiger partial charge in [0.15, 0.2) is 0 Å². The highest BCUT2D eigenvalue weighted by atomic mass is 16.5. The van der Waals surface area contributed by atoms with E-state index in [4.69, 9.17) is 4.74 Å². The van der Waals surface area contributed by atoms with Crippen LogP contribution in [0.4, 0.5) is 5.69 Å². The zero-order valence-electron chi connectivity index (χ0n) is 13.6. The molecule has 0 N–H and O–H groups in total. The van der Waals surface area contributed by atoms with Crippen molar-refractivity contribution >= 4 is 23.1 Å². The van der Waals surface area contributed by atoms with Gasteiger partial charge in [0.25, 0.3) is 5.91 Å². The first-order valence-electron chi connectivity index (χ1n) is 8.04. The van der Waals surface area contributed by atoms with Gasteiger partial charge in [-0.3, -0.25) is 4.79 Å². The average Bonchev–Trinajstić information content (AvgIpc) is 2.86. The van der Waals surface area contributed by atoms with Crippen LogP contribution in [0.3, 0.4) is 0 Å². The number of anilines is 1. The Morgan fingerprint density at radius 1 is 1.08 bits per heavy atom. The lowest BCUT2D eigenvalue weighted by atomic mass is 10.1. The second kappa shape index (κ2) is 7.13. The predicted octanol–water partition coefficient (Wildman–Crippen LogP) is 3.22. The molecule has 0 aliphatic carbocycles. The molecular formula is C20H19NO3. The third-order valence-electron chi connectivity index (χ3n) is 3.98. The summed E-state index contributed by atoms with van der Waals surface area (Å²) in [7, 11) is 0. The predicted molar refractivity (Wildman–Crippen MR) is 93.6 cm³/mol. The molecule has 0 aromatic heterocycles. The summed E-state index contributed by atoms with van der Waals surface area (Å²) in [5, 5.41) is 0. The lowest BCUT2D eigenvalue weighted by Crippen LogP contribution is -2.28. The number of esters is 1. The summed E-state index contributed by atoms with van der Waals surface area (Å²) < 4.78 is 4.95. The van der Waals surface area contributed by atoms with Gasteiger partial charge in [0.05, 0.1) is 17.9 Å². The minimum absolute atomic E-state index is 0.153. The number of carbonyl (C=O) groups excluding carboxylic acids is 2. The molecule has 0 bridgehead atoms. The topological polar surface area (TPSA) is 46.6 Å². The molecule has 0 fully saturated rings. The number of hydrogen-bond donors (Lipinski definition) is 0. The fourth-order valence-electron chi connectivity index (χ4n) is 2.86. The Morgan fingerprint density at radius 2 is 1.79 bits per heavy atom. The molecule has 0 saturated carbocycles. The zero-order chi connectivity index (χ0) is 16.9. The summed E-state index contributed by atoms with van der Waals surface area (Å²) in [5.74, 6) is -0.638. The number of benzene rings is 2. The van der Waals surface area contributed by atoms with Gasteiger partial charge in [-0.15, -0.1) is 0 Å². The molecule has 2 aromatic carbocycles. The first-order chi connectivity index (χ1) is 11.7. The zero-order valence-corrected chi connectivity index (χ0v) is 13.6. The van der Waals surface area contributed by atoms with Gasteiger partial charge < -0.3 is 9.64 Å². The van der Waals surface area contributed by atoms with Crippen molar-refractivity contribution in [3.05, 3.63) is 71.8 Å². The number of carbonyl (C=O) groups is 2. The van der Waals surface area contributed by atoms with Crippen LogP contribution in [0.15, 0.2) is 60.7 Å². The highest BCUT2D eigenvalue weighted by Crippen LogP contribution is 2.36. The van der Waals surface area contributed by atoms with Gasteiger partial charge in [-0.05, 0) is 25.0 Å². The van der Waals surface area contributed by atoms with Crippen molar-refractivity contribution in [3.8, 4) is 0 Å². The van der Waals surface area contributed by atoms with Crippen LogP contribution in [0.25, 0.3) is 5.57 Å². The maximum absolute atomic E-state index is 12.8. The summed E-state index contributed by atoms with van der Waals surface area (Å²) in [4.78, 5) is 26.3. The molecular weight excluding hydrogens is 302 g/mol. The third-order valence-corrected chi connectivity index (χ3v) is 3.98. The summed E-state index contributed by atoms with van der Waals surface area (Å²) >= 11 is 0. The van der Waals surface area contributed by atoms with Gasteiger partial charge in [0.1, 0.15) is 0 Å². The van der Waals surface area contributed by atoms with Gasteiger partial charge >= 0.3 is 5.97 Å². The maximum atomic E-state index is 12.8. The SMILES string of the molecule is CCOC(=O)C=C1C(=O)N(CCc2ccccc2)c2ccccc21. The fourth-order valence-corrected chi connectivity index (χ4v) is 2.86. The van der Waals surface area contributed by atoms with E-state index >= 15 is 0 Å². The molecule has 3 rings (SSSR count). The molecule has 4 nitrogen and oxygen atoms in total. The number of amides is 1. The minimum Gasteiger partial charge on any atom is -0.463 e. The van der Waals surface area contributed by atoms with Crippen molar-refractivity contribution in [3.63, 3.8) is 0 Å². The van der Waals surface area contributed by atoms with E-state index in [1.807, 2.05) is 54.6 Å². The number of hydrogen-bond acceptors (Lipinski definition) is 3. The Balaban J connectivity index is 1.86. The van der Waals surface area contributed by atoms with E-state index in [1.165, 1.54) is 11.6 Å². The van der Waals surface area contributed by atoms with Gasteiger partial charge in [-0.25, -0.2) is 4.79 Å². The van der Waals surface area contributed by atoms with E-state index in [9.17, 15) is 9.59 Å². The van der Waals surface area contributed by atoms with Crippen LogP contribution < -0.4 is 4.90 Å². The highest BCUT2D eigenvalue weighted by Gasteiger charge is 2.32. The Hall–Kier alpha value is -2.88. The van der Waals surface area contributed by atoms with Crippen molar-refractivity contribution in [2.24, 2.45) is 0 Å². The monoisotopic (exact) mass is 321 g/mol. The van der Waals surface area contributed by atoms with Gasteiger partial charge in [-0.1, -0.05) is 48.5 Å². The lowest BCUT2D eigenvalue weighted by molar-refractivity contribution is -0.137. The smallest absolute Gasteiger partial charge is 0.331 e. The lowest BCUT2D eigenvalue weighted by Gasteiger charge is -2.17. The molecule has 122 valence electrons. The van der Waals surface area contributed by atoms with Crippen LogP contribution in [0, 0.1) is 0 Å². The van der Waals surface area contributed by atoms with Crippen molar-refractivity contribution in [1.29, 1.82) is 0 Å². The van der Waals surface area contributed by atoms with Crippen LogP contribution in [-0.2, 0) is 20.7 Å².